The summed E-state index contributed by atoms with van der Waals surface area (Å²) in [7, 11) is 1.78. The van der Waals surface area contributed by atoms with E-state index < -0.39 is 0 Å². The van der Waals surface area contributed by atoms with Gasteiger partial charge in [-0.05, 0) is 12.1 Å². The van der Waals surface area contributed by atoms with E-state index in [4.69, 9.17) is 0 Å². The molecular weight excluding hydrogens is 228 g/mol. The summed E-state index contributed by atoms with van der Waals surface area (Å²) in [6.45, 7) is 1.74. The molecule has 0 aliphatic rings. The average molecular weight is 241 g/mol. The highest BCUT2D eigenvalue weighted by Crippen LogP contribution is 2.28. The first-order valence-corrected chi connectivity index (χ1v) is 4.68. The summed E-state index contributed by atoms with van der Waals surface area (Å²) >= 11 is 0. The Kier molecular flexibility index (Phi) is 3.44. The molecule has 1 aromatic carbocycles. The van der Waals surface area contributed by atoms with Crippen molar-refractivity contribution in [1.29, 1.82) is 0 Å². The number of halogens is 1. The van der Waals surface area contributed by atoms with Crippen LogP contribution in [0, 0.1) is 6.92 Å². The van der Waals surface area contributed by atoms with Gasteiger partial charge in [-0.2, -0.15) is 0 Å². The number of benzene rings is 1. The van der Waals surface area contributed by atoms with Crippen molar-refractivity contribution in [1.82, 2.24) is 4.68 Å². The van der Waals surface area contributed by atoms with E-state index in [2.05, 4.69) is 0 Å². The van der Waals surface area contributed by atoms with Gasteiger partial charge in [0.05, 0.1) is 0 Å². The molecule has 2 aromatic rings. The number of para-hydroxylation sites is 1. The zero-order valence-electron chi connectivity index (χ0n) is 9.05. The smallest absolute Gasteiger partial charge is 0.299 e. The Morgan fingerprint density at radius 1 is 1.12 bits per heavy atom. The van der Waals surface area contributed by atoms with Crippen LogP contribution in [0.1, 0.15) is 5.69 Å². The second kappa shape index (κ2) is 4.45. The van der Waals surface area contributed by atoms with Crippen LogP contribution in [0.25, 0.3) is 5.69 Å². The van der Waals surface area contributed by atoms with Crippen molar-refractivity contribution in [3.63, 3.8) is 0 Å². The largest absolute Gasteiger partial charge is 1.00 e. The quantitative estimate of drug-likeness (QED) is 0.568. The fraction of sp³-hybridized carbons (Fsp3) is 0.182. The number of aromatic nitrogens is 2. The molecule has 0 spiro atoms. The minimum absolute atomic E-state index is 0. The van der Waals surface area contributed by atoms with E-state index in [0.717, 1.165) is 5.69 Å². The van der Waals surface area contributed by atoms with Gasteiger partial charge in [0.25, 0.3) is 17.3 Å². The zero-order chi connectivity index (χ0) is 11.0. The van der Waals surface area contributed by atoms with Crippen LogP contribution in [-0.4, -0.2) is 14.9 Å². The lowest BCUT2D eigenvalue weighted by molar-refractivity contribution is -0.749. The molecule has 2 N–H and O–H groups in total. The van der Waals surface area contributed by atoms with E-state index in [1.54, 1.807) is 23.3 Å². The van der Waals surface area contributed by atoms with E-state index in [9.17, 15) is 10.2 Å². The van der Waals surface area contributed by atoms with Crippen molar-refractivity contribution in [2.75, 3.05) is 0 Å². The molecule has 1 aromatic heterocycles. The Morgan fingerprint density at radius 3 is 2.12 bits per heavy atom. The van der Waals surface area contributed by atoms with Gasteiger partial charge in [0.1, 0.15) is 5.69 Å². The molecule has 0 fully saturated rings. The fourth-order valence-corrected chi connectivity index (χ4v) is 1.57. The number of aromatic hydroxyl groups is 2. The molecule has 0 atom stereocenters. The lowest BCUT2D eigenvalue weighted by atomic mass is 10.3. The summed E-state index contributed by atoms with van der Waals surface area (Å²) in [4.78, 5) is 0. The third-order valence-corrected chi connectivity index (χ3v) is 2.54. The van der Waals surface area contributed by atoms with Crippen LogP contribution >= 0.6 is 0 Å². The Balaban J connectivity index is 0.00000128. The van der Waals surface area contributed by atoms with Gasteiger partial charge in [0.15, 0.2) is 7.05 Å². The summed E-state index contributed by atoms with van der Waals surface area (Å²) in [5.74, 6) is -0.220. The minimum atomic E-state index is -0.138. The molecule has 1 heterocycles. The Hall–Kier alpha value is -1.68. The van der Waals surface area contributed by atoms with Gasteiger partial charge in [-0.1, -0.05) is 22.9 Å². The van der Waals surface area contributed by atoms with Crippen molar-refractivity contribution in [2.24, 2.45) is 7.05 Å². The first-order valence-electron chi connectivity index (χ1n) is 4.68. The van der Waals surface area contributed by atoms with Crippen molar-refractivity contribution >= 4 is 0 Å². The predicted octanol–water partition coefficient (Wildman–Crippen LogP) is -1.97. The van der Waals surface area contributed by atoms with Gasteiger partial charge < -0.3 is 22.6 Å². The molecule has 2 rings (SSSR count). The topological polar surface area (TPSA) is 49.3 Å². The van der Waals surface area contributed by atoms with Crippen LogP contribution in [0.3, 0.4) is 0 Å². The van der Waals surface area contributed by atoms with Crippen LogP contribution in [0.5, 0.6) is 11.6 Å². The highest BCUT2D eigenvalue weighted by atomic mass is 35.5. The van der Waals surface area contributed by atoms with E-state index in [0.29, 0.717) is 5.69 Å². The summed E-state index contributed by atoms with van der Waals surface area (Å²) < 4.78 is 3.24. The van der Waals surface area contributed by atoms with Crippen LogP contribution in [-0.2, 0) is 7.05 Å². The summed E-state index contributed by atoms with van der Waals surface area (Å²) in [5, 5.41) is 19.3. The first kappa shape index (κ1) is 12.4. The molecule has 0 aliphatic heterocycles. The maximum absolute atomic E-state index is 9.74. The van der Waals surface area contributed by atoms with Gasteiger partial charge >= 0.3 is 0 Å². The molecule has 16 heavy (non-hydrogen) atoms. The minimum Gasteiger partial charge on any atom is -1.00 e. The fourth-order valence-electron chi connectivity index (χ4n) is 1.57. The second-order valence-electron chi connectivity index (χ2n) is 3.43. The Labute approximate surface area is 99.8 Å². The second-order valence-corrected chi connectivity index (χ2v) is 3.43. The molecule has 0 unspecified atom stereocenters. The number of hydrogen-bond acceptors (Lipinski definition) is 2. The number of rotatable bonds is 1. The molecule has 0 aliphatic carbocycles. The average Bonchev–Trinajstić information content (AvgIpc) is 2.45. The van der Waals surface area contributed by atoms with Crippen LogP contribution in [0.4, 0.5) is 0 Å². The summed E-state index contributed by atoms with van der Waals surface area (Å²) in [5.41, 5.74) is 1.43. The number of nitrogens with zero attached hydrogens (tertiary/aromatic N) is 2. The molecule has 0 saturated heterocycles. The lowest BCUT2D eigenvalue weighted by Crippen LogP contribution is -3.00. The van der Waals surface area contributed by atoms with E-state index in [1.807, 2.05) is 30.3 Å². The van der Waals surface area contributed by atoms with Crippen molar-refractivity contribution in [3.05, 3.63) is 36.0 Å². The maximum Gasteiger partial charge on any atom is 0.299 e. The van der Waals surface area contributed by atoms with Gasteiger partial charge in [-0.15, -0.1) is 4.68 Å². The summed E-state index contributed by atoms with van der Waals surface area (Å²) in [6, 6.07) is 9.37. The monoisotopic (exact) mass is 240 g/mol. The first-order chi connectivity index (χ1) is 7.13. The molecule has 4 nitrogen and oxygen atoms in total. The van der Waals surface area contributed by atoms with E-state index >= 15 is 0 Å². The molecule has 0 bridgehead atoms. The van der Waals surface area contributed by atoms with Gasteiger partial charge in [0, 0.05) is 6.92 Å². The molecule has 0 amide bonds. The van der Waals surface area contributed by atoms with E-state index in [1.165, 1.54) is 0 Å². The number of hydrogen-bond donors (Lipinski definition) is 2. The van der Waals surface area contributed by atoms with E-state index in [-0.39, 0.29) is 24.0 Å². The zero-order valence-corrected chi connectivity index (χ0v) is 9.81. The molecular formula is C11H13ClN2O2. The van der Waals surface area contributed by atoms with Crippen LogP contribution in [0.15, 0.2) is 30.3 Å². The predicted molar refractivity (Wildman–Crippen MR) is 55.0 cm³/mol. The van der Waals surface area contributed by atoms with Crippen LogP contribution < -0.4 is 17.1 Å². The standard InChI is InChI=1S/C11H12N2O2.ClH/c1-8-10(14)11(15)13(12(8)2)9-6-4-3-5-7-9;/h3-7,14H,1-2H3;1H. The third-order valence-electron chi connectivity index (χ3n) is 2.54. The normalized spacial score (nSPS) is 9.88. The van der Waals surface area contributed by atoms with Crippen molar-refractivity contribution in [2.45, 2.75) is 6.92 Å². The molecule has 0 radical (unpaired) electrons. The van der Waals surface area contributed by atoms with Crippen molar-refractivity contribution < 1.29 is 27.3 Å². The van der Waals surface area contributed by atoms with Crippen molar-refractivity contribution in [3.8, 4) is 17.3 Å². The maximum atomic E-state index is 9.74. The SMILES string of the molecule is Cc1c(O)c(O)n(-c2ccccc2)[n+]1C.[Cl-]. The Bertz CT molecular complexity index is 469. The lowest BCUT2D eigenvalue weighted by Gasteiger charge is -2.00. The highest BCUT2D eigenvalue weighted by Gasteiger charge is 2.24. The van der Waals surface area contributed by atoms with Crippen LogP contribution in [0.2, 0.25) is 0 Å². The molecule has 86 valence electrons. The summed E-state index contributed by atoms with van der Waals surface area (Å²) in [6.07, 6.45) is 0. The highest BCUT2D eigenvalue weighted by molar-refractivity contribution is 5.40. The van der Waals surface area contributed by atoms with Gasteiger partial charge in [-0.25, -0.2) is 0 Å². The van der Waals surface area contributed by atoms with Gasteiger partial charge in [0.2, 0.25) is 0 Å². The third kappa shape index (κ3) is 1.72. The molecule has 5 heteroatoms. The molecule has 0 saturated carbocycles. The van der Waals surface area contributed by atoms with Gasteiger partial charge in [-0.3, -0.25) is 0 Å². The Morgan fingerprint density at radius 2 is 1.69 bits per heavy atom.